The number of benzene rings is 1. The summed E-state index contributed by atoms with van der Waals surface area (Å²) < 4.78 is 0. The first-order valence-electron chi connectivity index (χ1n) is 6.23. The van der Waals surface area contributed by atoms with E-state index in [9.17, 15) is 4.79 Å². The number of carbonyl (C=O) groups excluding carboxylic acids is 1. The van der Waals surface area contributed by atoms with Crippen LogP contribution in [0.3, 0.4) is 0 Å². The molecule has 0 bridgehead atoms. The molecule has 3 N–H and O–H groups in total. The number of carbonyl (C=O) groups is 1. The van der Waals surface area contributed by atoms with Gasteiger partial charge in [0, 0.05) is 0 Å². The molecule has 0 aliphatic rings. The van der Waals surface area contributed by atoms with Crippen molar-refractivity contribution in [1.82, 2.24) is 20.0 Å². The largest absolute Gasteiger partial charge is 0.384 e. The molecule has 0 saturated carbocycles. The summed E-state index contributed by atoms with van der Waals surface area (Å²) in [7, 11) is 0. The average Bonchev–Trinajstić information content (AvgIpc) is 3.00. The van der Waals surface area contributed by atoms with Crippen LogP contribution in [0.2, 0.25) is 0 Å². The van der Waals surface area contributed by atoms with Crippen molar-refractivity contribution in [3.05, 3.63) is 60.6 Å². The fraction of sp³-hybridized carbons (Fsp3) is 0. The van der Waals surface area contributed by atoms with Crippen LogP contribution in [0.5, 0.6) is 0 Å². The number of nitrogen functional groups attached to an aromatic ring is 1. The van der Waals surface area contributed by atoms with E-state index in [1.807, 2.05) is 30.3 Å². The van der Waals surface area contributed by atoms with Crippen molar-refractivity contribution >= 4 is 17.4 Å². The molecular weight excluding hydrogens is 268 g/mol. The molecule has 0 fully saturated rings. The van der Waals surface area contributed by atoms with Gasteiger partial charge in [0.1, 0.15) is 5.82 Å². The Balaban J connectivity index is 1.77. The Bertz CT molecular complexity index is 751. The van der Waals surface area contributed by atoms with Crippen molar-refractivity contribution in [1.29, 1.82) is 0 Å². The maximum Gasteiger partial charge on any atom is 0.277 e. The smallest absolute Gasteiger partial charge is 0.277 e. The van der Waals surface area contributed by atoms with Gasteiger partial charge in [-0.05, 0) is 24.3 Å². The van der Waals surface area contributed by atoms with E-state index in [2.05, 4.69) is 20.5 Å². The average molecular weight is 280 g/mol. The van der Waals surface area contributed by atoms with E-state index in [1.54, 1.807) is 12.1 Å². The third-order valence-corrected chi connectivity index (χ3v) is 2.76. The Morgan fingerprint density at radius 3 is 2.62 bits per heavy atom. The second-order valence-electron chi connectivity index (χ2n) is 4.28. The summed E-state index contributed by atoms with van der Waals surface area (Å²) in [5.41, 5.74) is 7.03. The van der Waals surface area contributed by atoms with E-state index >= 15 is 0 Å². The van der Waals surface area contributed by atoms with Gasteiger partial charge in [0.05, 0.1) is 23.8 Å². The van der Waals surface area contributed by atoms with Crippen LogP contribution in [-0.2, 0) is 0 Å². The zero-order valence-electron chi connectivity index (χ0n) is 11.0. The van der Waals surface area contributed by atoms with Crippen LogP contribution in [0.15, 0.2) is 54.9 Å². The fourth-order valence-electron chi connectivity index (χ4n) is 1.73. The summed E-state index contributed by atoms with van der Waals surface area (Å²) >= 11 is 0. The Kier molecular flexibility index (Phi) is 3.30. The highest BCUT2D eigenvalue weighted by molar-refractivity contribution is 6.02. The monoisotopic (exact) mass is 280 g/mol. The van der Waals surface area contributed by atoms with Crippen LogP contribution >= 0.6 is 0 Å². The SMILES string of the molecule is Nc1ccc(NC(=O)c2cnn(-c3ccccc3)n2)cn1. The molecule has 21 heavy (non-hydrogen) atoms. The van der Waals surface area contributed by atoms with Crippen molar-refractivity contribution in [2.75, 3.05) is 11.1 Å². The van der Waals surface area contributed by atoms with E-state index in [0.29, 0.717) is 11.5 Å². The zero-order chi connectivity index (χ0) is 14.7. The van der Waals surface area contributed by atoms with E-state index in [0.717, 1.165) is 5.69 Å². The lowest BCUT2D eigenvalue weighted by molar-refractivity contribution is 0.102. The molecule has 0 aliphatic heterocycles. The number of hydrogen-bond donors (Lipinski definition) is 2. The Labute approximate surface area is 120 Å². The molecule has 2 aromatic heterocycles. The van der Waals surface area contributed by atoms with Crippen LogP contribution < -0.4 is 11.1 Å². The topological polar surface area (TPSA) is 98.7 Å². The molecular formula is C14H12N6O. The molecule has 0 saturated heterocycles. The number of aromatic nitrogens is 4. The number of nitrogens with one attached hydrogen (secondary N) is 1. The van der Waals surface area contributed by atoms with Crippen LogP contribution in [0, 0.1) is 0 Å². The molecule has 104 valence electrons. The second kappa shape index (κ2) is 5.41. The minimum atomic E-state index is -0.358. The first-order valence-corrected chi connectivity index (χ1v) is 6.23. The minimum Gasteiger partial charge on any atom is -0.384 e. The summed E-state index contributed by atoms with van der Waals surface area (Å²) in [6.45, 7) is 0. The van der Waals surface area contributed by atoms with Gasteiger partial charge in [-0.3, -0.25) is 4.79 Å². The maximum atomic E-state index is 12.1. The first kappa shape index (κ1) is 12.8. The van der Waals surface area contributed by atoms with Crippen LogP contribution in [0.25, 0.3) is 5.69 Å². The molecule has 1 aromatic carbocycles. The quantitative estimate of drug-likeness (QED) is 0.757. The van der Waals surface area contributed by atoms with Crippen molar-refractivity contribution in [3.8, 4) is 5.69 Å². The van der Waals surface area contributed by atoms with E-state index in [-0.39, 0.29) is 11.6 Å². The highest BCUT2D eigenvalue weighted by atomic mass is 16.2. The predicted octanol–water partition coefficient (Wildman–Crippen LogP) is 1.50. The Morgan fingerprint density at radius 2 is 1.90 bits per heavy atom. The second-order valence-corrected chi connectivity index (χ2v) is 4.28. The number of pyridine rings is 1. The molecule has 0 unspecified atom stereocenters. The lowest BCUT2D eigenvalue weighted by Gasteiger charge is -2.02. The molecule has 0 atom stereocenters. The standard InChI is InChI=1S/C14H12N6O/c15-13-7-6-10(8-16-13)18-14(21)12-9-17-20(19-12)11-4-2-1-3-5-11/h1-9H,(H2,15,16)(H,18,21). The lowest BCUT2D eigenvalue weighted by atomic mass is 10.3. The first-order chi connectivity index (χ1) is 10.2. The Morgan fingerprint density at radius 1 is 1.10 bits per heavy atom. The molecule has 2 heterocycles. The fourth-order valence-corrected chi connectivity index (χ4v) is 1.73. The van der Waals surface area contributed by atoms with Gasteiger partial charge in [-0.15, -0.1) is 5.10 Å². The van der Waals surface area contributed by atoms with Gasteiger partial charge < -0.3 is 11.1 Å². The predicted molar refractivity (Wildman–Crippen MR) is 78.0 cm³/mol. The number of para-hydroxylation sites is 1. The van der Waals surface area contributed by atoms with Gasteiger partial charge in [0.25, 0.3) is 5.91 Å². The number of hydrogen-bond acceptors (Lipinski definition) is 5. The molecule has 7 nitrogen and oxygen atoms in total. The number of amides is 1. The van der Waals surface area contributed by atoms with E-state index in [4.69, 9.17) is 5.73 Å². The van der Waals surface area contributed by atoms with Gasteiger partial charge in [-0.2, -0.15) is 9.90 Å². The van der Waals surface area contributed by atoms with Gasteiger partial charge in [0.15, 0.2) is 5.69 Å². The molecule has 0 radical (unpaired) electrons. The van der Waals surface area contributed by atoms with E-state index in [1.165, 1.54) is 17.2 Å². The third-order valence-electron chi connectivity index (χ3n) is 2.76. The van der Waals surface area contributed by atoms with Gasteiger partial charge in [-0.1, -0.05) is 18.2 Å². The molecule has 0 spiro atoms. The van der Waals surface area contributed by atoms with Gasteiger partial charge in [0.2, 0.25) is 0 Å². The molecule has 3 aromatic rings. The number of nitrogens with two attached hydrogens (primary N) is 1. The summed E-state index contributed by atoms with van der Waals surface area (Å²) in [6, 6.07) is 12.6. The minimum absolute atomic E-state index is 0.218. The number of anilines is 2. The molecule has 3 rings (SSSR count). The summed E-state index contributed by atoms with van der Waals surface area (Å²) in [4.78, 5) is 17.4. The number of nitrogens with zero attached hydrogens (tertiary/aromatic N) is 4. The number of rotatable bonds is 3. The maximum absolute atomic E-state index is 12.1. The Hall–Kier alpha value is -3.22. The van der Waals surface area contributed by atoms with Gasteiger partial charge in [-0.25, -0.2) is 4.98 Å². The molecule has 1 amide bonds. The van der Waals surface area contributed by atoms with Crippen molar-refractivity contribution in [2.24, 2.45) is 0 Å². The summed E-state index contributed by atoms with van der Waals surface area (Å²) in [6.07, 6.45) is 2.89. The van der Waals surface area contributed by atoms with Crippen LogP contribution in [-0.4, -0.2) is 25.9 Å². The molecule has 7 heteroatoms. The third kappa shape index (κ3) is 2.86. The summed E-state index contributed by atoms with van der Waals surface area (Å²) in [5.74, 6) is 0.0340. The van der Waals surface area contributed by atoms with Crippen molar-refractivity contribution < 1.29 is 4.79 Å². The van der Waals surface area contributed by atoms with E-state index < -0.39 is 0 Å². The molecule has 0 aliphatic carbocycles. The normalized spacial score (nSPS) is 10.3. The lowest BCUT2D eigenvalue weighted by Crippen LogP contribution is -2.13. The summed E-state index contributed by atoms with van der Waals surface area (Å²) in [5, 5.41) is 10.9. The van der Waals surface area contributed by atoms with Crippen molar-refractivity contribution in [2.45, 2.75) is 0 Å². The highest BCUT2D eigenvalue weighted by Crippen LogP contribution is 2.09. The van der Waals surface area contributed by atoms with Crippen LogP contribution in [0.1, 0.15) is 10.5 Å². The zero-order valence-corrected chi connectivity index (χ0v) is 11.0. The highest BCUT2D eigenvalue weighted by Gasteiger charge is 2.11. The van der Waals surface area contributed by atoms with Gasteiger partial charge >= 0.3 is 0 Å². The van der Waals surface area contributed by atoms with Crippen molar-refractivity contribution in [3.63, 3.8) is 0 Å². The van der Waals surface area contributed by atoms with Crippen LogP contribution in [0.4, 0.5) is 11.5 Å².